The van der Waals surface area contributed by atoms with E-state index in [1.807, 2.05) is 30.3 Å². The number of ether oxygens (including phenoxy) is 2. The maximum atomic E-state index is 14.3. The summed E-state index contributed by atoms with van der Waals surface area (Å²) in [4.78, 5) is 11.5. The molecule has 0 radical (unpaired) electrons. The Kier molecular flexibility index (Phi) is 3.87. The van der Waals surface area contributed by atoms with Gasteiger partial charge in [0.2, 0.25) is 0 Å². The van der Waals surface area contributed by atoms with E-state index >= 15 is 0 Å². The Labute approximate surface area is 111 Å². The van der Waals surface area contributed by atoms with Gasteiger partial charge in [-0.1, -0.05) is 30.3 Å². The number of hydrogen-bond acceptors (Lipinski definition) is 4. The molecule has 1 aromatic rings. The molecule has 104 valence electrons. The number of rotatable bonds is 6. The van der Waals surface area contributed by atoms with Gasteiger partial charge in [0.15, 0.2) is 11.2 Å². The van der Waals surface area contributed by atoms with Gasteiger partial charge in [0.25, 0.3) is 0 Å². The number of carbonyl (C=O) groups is 1. The Morgan fingerprint density at radius 2 is 2.11 bits per heavy atom. The van der Waals surface area contributed by atoms with Crippen LogP contribution in [0.3, 0.4) is 0 Å². The van der Waals surface area contributed by atoms with E-state index in [0.717, 1.165) is 5.56 Å². The Hall–Kier alpha value is -1.46. The molecule has 1 aliphatic rings. The molecule has 2 unspecified atom stereocenters. The van der Waals surface area contributed by atoms with E-state index in [2.05, 4.69) is 0 Å². The Bertz CT molecular complexity index is 453. The average Bonchev–Trinajstić information content (AvgIpc) is 2.95. The number of carbonyl (C=O) groups excluding carboxylic acids is 1. The predicted octanol–water partition coefficient (Wildman–Crippen LogP) is 1.58. The number of esters is 1. The highest BCUT2D eigenvalue weighted by Gasteiger charge is 2.73. The first kappa shape index (κ1) is 14.0. The zero-order valence-electron chi connectivity index (χ0n) is 10.9. The highest BCUT2D eigenvalue weighted by atomic mass is 19.1. The van der Waals surface area contributed by atoms with Crippen molar-refractivity contribution in [2.45, 2.75) is 31.2 Å². The highest BCUT2D eigenvalue weighted by molar-refractivity contribution is 5.87. The van der Waals surface area contributed by atoms with E-state index in [-0.39, 0.29) is 19.6 Å². The lowest BCUT2D eigenvalue weighted by atomic mass is 10.2. The Morgan fingerprint density at radius 3 is 2.74 bits per heavy atom. The number of halogens is 1. The van der Waals surface area contributed by atoms with Crippen LogP contribution in [0.4, 0.5) is 4.39 Å². The van der Waals surface area contributed by atoms with Crippen molar-refractivity contribution >= 4 is 5.97 Å². The van der Waals surface area contributed by atoms with Gasteiger partial charge in [-0.15, -0.1) is 0 Å². The summed E-state index contributed by atoms with van der Waals surface area (Å²) in [7, 11) is 0. The van der Waals surface area contributed by atoms with Crippen molar-refractivity contribution < 1.29 is 18.7 Å². The standard InChI is InChI=1S/C14H18FNO3/c1-2-19-12(17)14(16)9-13(14,15)10-18-8-11-6-4-3-5-7-11/h3-7H,2,8-10,16H2,1H3. The van der Waals surface area contributed by atoms with Crippen LogP contribution in [0.25, 0.3) is 0 Å². The van der Waals surface area contributed by atoms with Gasteiger partial charge in [-0.05, 0) is 12.5 Å². The second kappa shape index (κ2) is 5.27. The van der Waals surface area contributed by atoms with Crippen LogP contribution in [0, 0.1) is 0 Å². The first-order valence-electron chi connectivity index (χ1n) is 6.28. The van der Waals surface area contributed by atoms with Gasteiger partial charge in [-0.3, -0.25) is 0 Å². The van der Waals surface area contributed by atoms with Crippen LogP contribution in [0.2, 0.25) is 0 Å². The molecule has 1 aromatic carbocycles. The lowest BCUT2D eigenvalue weighted by Gasteiger charge is -2.14. The summed E-state index contributed by atoms with van der Waals surface area (Å²) in [6, 6.07) is 9.43. The largest absolute Gasteiger partial charge is 0.465 e. The molecule has 2 atom stereocenters. The van der Waals surface area contributed by atoms with Crippen molar-refractivity contribution in [3.63, 3.8) is 0 Å². The van der Waals surface area contributed by atoms with Gasteiger partial charge >= 0.3 is 5.97 Å². The van der Waals surface area contributed by atoms with Crippen LogP contribution >= 0.6 is 0 Å². The van der Waals surface area contributed by atoms with Gasteiger partial charge in [-0.25, -0.2) is 9.18 Å². The van der Waals surface area contributed by atoms with Gasteiger partial charge in [0.1, 0.15) is 0 Å². The summed E-state index contributed by atoms with van der Waals surface area (Å²) >= 11 is 0. The van der Waals surface area contributed by atoms with Crippen LogP contribution in [-0.4, -0.2) is 30.4 Å². The van der Waals surface area contributed by atoms with E-state index in [1.54, 1.807) is 6.92 Å². The molecule has 0 aromatic heterocycles. The quantitative estimate of drug-likeness (QED) is 0.795. The second-order valence-electron chi connectivity index (χ2n) is 4.81. The first-order chi connectivity index (χ1) is 9.02. The molecule has 5 heteroatoms. The Morgan fingerprint density at radius 1 is 1.42 bits per heavy atom. The smallest absolute Gasteiger partial charge is 0.329 e. The Balaban J connectivity index is 1.83. The molecule has 1 saturated carbocycles. The lowest BCUT2D eigenvalue weighted by molar-refractivity contribution is -0.147. The molecule has 0 aliphatic heterocycles. The van der Waals surface area contributed by atoms with Crippen molar-refractivity contribution in [2.24, 2.45) is 5.73 Å². The molecule has 0 amide bonds. The van der Waals surface area contributed by atoms with E-state index < -0.39 is 17.2 Å². The molecule has 0 heterocycles. The van der Waals surface area contributed by atoms with Gasteiger partial charge < -0.3 is 15.2 Å². The number of hydrogen-bond donors (Lipinski definition) is 1. The maximum absolute atomic E-state index is 14.3. The summed E-state index contributed by atoms with van der Waals surface area (Å²) in [6.45, 7) is 1.96. The zero-order valence-corrected chi connectivity index (χ0v) is 10.9. The minimum absolute atomic E-state index is 0.0480. The van der Waals surface area contributed by atoms with Crippen LogP contribution in [-0.2, 0) is 20.9 Å². The second-order valence-corrected chi connectivity index (χ2v) is 4.81. The topological polar surface area (TPSA) is 61.5 Å². The molecule has 2 N–H and O–H groups in total. The van der Waals surface area contributed by atoms with Crippen molar-refractivity contribution in [2.75, 3.05) is 13.2 Å². The fourth-order valence-corrected chi connectivity index (χ4v) is 2.00. The maximum Gasteiger partial charge on any atom is 0.329 e. The minimum atomic E-state index is -1.81. The molecule has 0 bridgehead atoms. The molecule has 0 saturated heterocycles. The third kappa shape index (κ3) is 2.77. The number of nitrogens with two attached hydrogens (primary N) is 1. The number of alkyl halides is 1. The third-order valence-corrected chi connectivity index (χ3v) is 3.32. The lowest BCUT2D eigenvalue weighted by Crippen LogP contribution is -2.43. The summed E-state index contributed by atoms with van der Waals surface area (Å²) in [6.07, 6.45) is -0.0480. The highest BCUT2D eigenvalue weighted by Crippen LogP contribution is 2.50. The van der Waals surface area contributed by atoms with Crippen molar-refractivity contribution in [3.8, 4) is 0 Å². The first-order valence-corrected chi connectivity index (χ1v) is 6.28. The van der Waals surface area contributed by atoms with E-state index in [9.17, 15) is 9.18 Å². The fraction of sp³-hybridized carbons (Fsp3) is 0.500. The van der Waals surface area contributed by atoms with E-state index in [0.29, 0.717) is 6.61 Å². The summed E-state index contributed by atoms with van der Waals surface area (Å²) in [5, 5.41) is 0. The van der Waals surface area contributed by atoms with Crippen LogP contribution < -0.4 is 5.73 Å². The van der Waals surface area contributed by atoms with Crippen LogP contribution in [0.1, 0.15) is 18.9 Å². The number of benzene rings is 1. The molecule has 19 heavy (non-hydrogen) atoms. The summed E-state index contributed by atoms with van der Waals surface area (Å²) in [5.74, 6) is -0.694. The van der Waals surface area contributed by atoms with Crippen molar-refractivity contribution in [1.29, 1.82) is 0 Å². The molecule has 4 nitrogen and oxygen atoms in total. The molecular weight excluding hydrogens is 249 g/mol. The molecule has 1 fully saturated rings. The van der Waals surface area contributed by atoms with E-state index in [1.165, 1.54) is 0 Å². The van der Waals surface area contributed by atoms with Crippen LogP contribution in [0.5, 0.6) is 0 Å². The summed E-state index contributed by atoms with van der Waals surface area (Å²) in [5.41, 5.74) is 3.30. The molecular formula is C14H18FNO3. The van der Waals surface area contributed by atoms with Gasteiger partial charge in [0, 0.05) is 6.42 Å². The predicted molar refractivity (Wildman–Crippen MR) is 68.1 cm³/mol. The molecule has 0 spiro atoms. The third-order valence-electron chi connectivity index (χ3n) is 3.32. The van der Waals surface area contributed by atoms with Gasteiger partial charge in [-0.2, -0.15) is 0 Å². The normalized spacial score (nSPS) is 29.0. The molecule has 1 aliphatic carbocycles. The summed E-state index contributed by atoms with van der Waals surface area (Å²) < 4.78 is 24.4. The molecule has 2 rings (SSSR count). The van der Waals surface area contributed by atoms with Crippen LogP contribution in [0.15, 0.2) is 30.3 Å². The average molecular weight is 267 g/mol. The zero-order chi connectivity index (χ0) is 13.9. The van der Waals surface area contributed by atoms with Gasteiger partial charge in [0.05, 0.1) is 19.8 Å². The fourth-order valence-electron chi connectivity index (χ4n) is 2.00. The SMILES string of the molecule is CCOC(=O)C1(N)CC1(F)COCc1ccccc1. The minimum Gasteiger partial charge on any atom is -0.465 e. The van der Waals surface area contributed by atoms with Crippen molar-refractivity contribution in [1.82, 2.24) is 0 Å². The monoisotopic (exact) mass is 267 g/mol. The van der Waals surface area contributed by atoms with E-state index in [4.69, 9.17) is 15.2 Å². The van der Waals surface area contributed by atoms with Crippen molar-refractivity contribution in [3.05, 3.63) is 35.9 Å².